The van der Waals surface area contributed by atoms with Crippen LogP contribution in [0.5, 0.6) is 0 Å². The molecule has 1 heterocycles. The number of aldehydes is 1. The Morgan fingerprint density at radius 2 is 1.84 bits per heavy atom. The molecule has 12 heteroatoms. The Labute approximate surface area is 226 Å². The number of amides is 2. The van der Waals surface area contributed by atoms with Crippen molar-refractivity contribution in [3.63, 3.8) is 0 Å². The van der Waals surface area contributed by atoms with Gasteiger partial charge in [0.15, 0.2) is 0 Å². The summed E-state index contributed by atoms with van der Waals surface area (Å²) >= 11 is 12.4. The number of benzene rings is 1. The first-order valence-electron chi connectivity index (χ1n) is 12.8. The van der Waals surface area contributed by atoms with Gasteiger partial charge in [-0.1, -0.05) is 62.4 Å². The summed E-state index contributed by atoms with van der Waals surface area (Å²) in [5.41, 5.74) is -0.604. The molecule has 37 heavy (non-hydrogen) atoms. The van der Waals surface area contributed by atoms with E-state index in [2.05, 4.69) is 15.7 Å². The summed E-state index contributed by atoms with van der Waals surface area (Å²) in [5, 5.41) is 11.0. The third-order valence-corrected chi connectivity index (χ3v) is 7.17. The van der Waals surface area contributed by atoms with E-state index in [-0.39, 0.29) is 40.0 Å². The van der Waals surface area contributed by atoms with Crippen LogP contribution in [0.3, 0.4) is 0 Å². The highest BCUT2D eigenvalue weighted by molar-refractivity contribution is 6.37. The molecule has 0 aliphatic heterocycles. The number of hydrogen-bond donors (Lipinski definition) is 1. The monoisotopic (exact) mass is 552 g/mol. The van der Waals surface area contributed by atoms with Gasteiger partial charge >= 0.3 is 11.7 Å². The molecule has 0 radical (unpaired) electrons. The third kappa shape index (κ3) is 7.41. The van der Waals surface area contributed by atoms with Crippen LogP contribution in [0.4, 0.5) is 4.79 Å². The molecule has 1 saturated carbocycles. The fraction of sp³-hybridized carbons (Fsp3) is 0.600. The minimum absolute atomic E-state index is 0.0401. The molecule has 0 spiro atoms. The van der Waals surface area contributed by atoms with E-state index in [0.29, 0.717) is 31.8 Å². The van der Waals surface area contributed by atoms with Gasteiger partial charge in [-0.25, -0.2) is 9.59 Å². The molecular weight excluding hydrogens is 519 g/mol. The summed E-state index contributed by atoms with van der Waals surface area (Å²) in [6.45, 7) is 4.70. The second kappa shape index (κ2) is 13.7. The van der Waals surface area contributed by atoms with E-state index in [1.807, 2.05) is 13.8 Å². The van der Waals surface area contributed by atoms with Crippen molar-refractivity contribution in [1.29, 1.82) is 0 Å². The minimum Gasteiger partial charge on any atom is -0.356 e. The number of halogens is 2. The van der Waals surface area contributed by atoms with E-state index >= 15 is 0 Å². The van der Waals surface area contributed by atoms with Gasteiger partial charge in [0, 0.05) is 31.5 Å². The smallest absolute Gasteiger partial charge is 0.356 e. The molecule has 10 nitrogen and oxygen atoms in total. The van der Waals surface area contributed by atoms with E-state index in [9.17, 15) is 19.2 Å². The van der Waals surface area contributed by atoms with E-state index in [1.54, 1.807) is 23.1 Å². The lowest BCUT2D eigenvalue weighted by Crippen LogP contribution is -2.48. The number of tetrazole rings is 1. The molecule has 1 fully saturated rings. The van der Waals surface area contributed by atoms with Gasteiger partial charge in [-0.3, -0.25) is 4.79 Å². The van der Waals surface area contributed by atoms with Crippen LogP contribution in [-0.2, 0) is 9.59 Å². The maximum absolute atomic E-state index is 13.5. The fourth-order valence-corrected chi connectivity index (χ4v) is 5.31. The highest BCUT2D eigenvalue weighted by Crippen LogP contribution is 2.27. The van der Waals surface area contributed by atoms with Gasteiger partial charge < -0.3 is 15.0 Å². The lowest BCUT2D eigenvalue weighted by atomic mass is 9.93. The summed E-state index contributed by atoms with van der Waals surface area (Å²) in [6, 6.07) is 4.17. The van der Waals surface area contributed by atoms with E-state index in [4.69, 9.17) is 23.2 Å². The van der Waals surface area contributed by atoms with Crippen molar-refractivity contribution in [2.75, 3.05) is 13.1 Å². The van der Waals surface area contributed by atoms with E-state index < -0.39 is 11.7 Å². The minimum atomic E-state index is -0.764. The van der Waals surface area contributed by atoms with E-state index in [0.717, 1.165) is 47.8 Å². The van der Waals surface area contributed by atoms with Crippen molar-refractivity contribution >= 4 is 41.4 Å². The molecule has 0 saturated heterocycles. The summed E-state index contributed by atoms with van der Waals surface area (Å²) in [4.78, 5) is 51.8. The molecular formula is C25H34Cl2N6O4. The van der Waals surface area contributed by atoms with Crippen LogP contribution in [0.25, 0.3) is 5.69 Å². The van der Waals surface area contributed by atoms with Crippen LogP contribution in [0.2, 0.25) is 10.0 Å². The van der Waals surface area contributed by atoms with Gasteiger partial charge in [-0.2, -0.15) is 4.68 Å². The topological polar surface area (TPSA) is 119 Å². The van der Waals surface area contributed by atoms with Gasteiger partial charge in [0.2, 0.25) is 5.91 Å². The SMILES string of the molecule is CC(C)C[C@@H](CC=O)C(=O)NCCCN(C(=O)n1nnn(-c2c(Cl)cccc2Cl)c1=O)C1CCCCC1. The first-order chi connectivity index (χ1) is 17.7. The quantitative estimate of drug-likeness (QED) is 0.254. The van der Waals surface area contributed by atoms with Crippen LogP contribution in [0.15, 0.2) is 23.0 Å². The third-order valence-electron chi connectivity index (χ3n) is 6.56. The van der Waals surface area contributed by atoms with Gasteiger partial charge in [-0.15, -0.1) is 4.68 Å². The second-order valence-electron chi connectivity index (χ2n) is 9.80. The lowest BCUT2D eigenvalue weighted by molar-refractivity contribution is -0.127. The number of nitrogens with one attached hydrogen (secondary N) is 1. The molecule has 1 aliphatic carbocycles. The molecule has 1 aromatic carbocycles. The van der Waals surface area contributed by atoms with Crippen LogP contribution in [0.1, 0.15) is 65.2 Å². The number of nitrogens with zero attached hydrogens (tertiary/aromatic N) is 5. The molecule has 1 aromatic heterocycles. The zero-order valence-electron chi connectivity index (χ0n) is 21.2. The zero-order valence-corrected chi connectivity index (χ0v) is 22.7. The number of carbonyl (C=O) groups is 3. The molecule has 0 unspecified atom stereocenters. The van der Waals surface area contributed by atoms with E-state index in [1.165, 1.54) is 0 Å². The molecule has 2 amide bonds. The van der Waals surface area contributed by atoms with Crippen LogP contribution in [-0.4, -0.2) is 62.0 Å². The van der Waals surface area contributed by atoms with Crippen LogP contribution < -0.4 is 11.0 Å². The fourth-order valence-electron chi connectivity index (χ4n) is 4.75. The molecule has 3 rings (SSSR count). The van der Waals surface area contributed by atoms with Crippen LogP contribution >= 0.6 is 23.2 Å². The molecule has 1 atom stereocenters. The molecule has 1 N–H and O–H groups in total. The molecule has 2 aromatic rings. The normalized spacial score (nSPS) is 14.9. The Morgan fingerprint density at radius 1 is 1.16 bits per heavy atom. The number of carbonyl (C=O) groups excluding carboxylic acids is 3. The summed E-state index contributed by atoms with van der Waals surface area (Å²) in [5.74, 6) is -0.228. The molecule has 1 aliphatic rings. The number of rotatable bonds is 11. The number of hydrogen-bond acceptors (Lipinski definition) is 6. The van der Waals surface area contributed by atoms with Crippen molar-refractivity contribution < 1.29 is 14.4 Å². The molecule has 0 bridgehead atoms. The number of para-hydroxylation sites is 1. The average Bonchev–Trinajstić information content (AvgIpc) is 3.24. The highest BCUT2D eigenvalue weighted by Gasteiger charge is 2.29. The van der Waals surface area contributed by atoms with Crippen molar-refractivity contribution in [2.45, 2.75) is 71.3 Å². The summed E-state index contributed by atoms with van der Waals surface area (Å²) in [6.07, 6.45) is 6.81. The largest absolute Gasteiger partial charge is 0.377 e. The highest BCUT2D eigenvalue weighted by atomic mass is 35.5. The first-order valence-corrected chi connectivity index (χ1v) is 13.5. The Balaban J connectivity index is 1.73. The van der Waals surface area contributed by atoms with Gasteiger partial charge in [0.05, 0.1) is 10.0 Å². The Morgan fingerprint density at radius 3 is 2.46 bits per heavy atom. The predicted molar refractivity (Wildman–Crippen MR) is 141 cm³/mol. The average molecular weight is 553 g/mol. The van der Waals surface area contributed by atoms with Crippen molar-refractivity contribution in [2.24, 2.45) is 11.8 Å². The number of aromatic nitrogens is 4. The van der Waals surface area contributed by atoms with Crippen molar-refractivity contribution in [3.8, 4) is 5.69 Å². The van der Waals surface area contributed by atoms with Gasteiger partial charge in [0.1, 0.15) is 12.0 Å². The van der Waals surface area contributed by atoms with Gasteiger partial charge in [-0.05, 0) is 54.2 Å². The second-order valence-corrected chi connectivity index (χ2v) is 10.6. The van der Waals surface area contributed by atoms with Crippen LogP contribution in [0, 0.1) is 11.8 Å². The summed E-state index contributed by atoms with van der Waals surface area (Å²) < 4.78 is 1.65. The Hall–Kier alpha value is -2.72. The zero-order chi connectivity index (χ0) is 26.9. The maximum Gasteiger partial charge on any atom is 0.377 e. The molecule has 202 valence electrons. The van der Waals surface area contributed by atoms with Gasteiger partial charge in [0.25, 0.3) is 0 Å². The maximum atomic E-state index is 13.5. The van der Waals surface area contributed by atoms with Crippen molar-refractivity contribution in [3.05, 3.63) is 38.7 Å². The Bertz CT molecular complexity index is 1120. The lowest BCUT2D eigenvalue weighted by Gasteiger charge is -2.33. The predicted octanol–water partition coefficient (Wildman–Crippen LogP) is 4.10. The standard InChI is InChI=1S/C25H34Cl2N6O4/c1-17(2)16-18(12-15-34)23(35)28-13-7-14-31(19-8-4-3-5-9-19)24(36)33-25(37)32(29-30-33)22-20(26)10-6-11-21(22)27/h6,10-11,15,17-19H,3-5,7-9,12-14,16H2,1-2H3,(H,28,35)/t18-/m1/s1. The summed E-state index contributed by atoms with van der Waals surface area (Å²) in [7, 11) is 0. The van der Waals surface area contributed by atoms with Crippen molar-refractivity contribution in [1.82, 2.24) is 30.0 Å². The Kier molecular flexibility index (Phi) is 10.7. The first kappa shape index (κ1) is 28.8.